The molecule has 2 atom stereocenters. The monoisotopic (exact) mass is 368 g/mol. The lowest BCUT2D eigenvalue weighted by molar-refractivity contribution is -0.125. The molecule has 0 bridgehead atoms. The average molecular weight is 368 g/mol. The van der Waals surface area contributed by atoms with Crippen molar-refractivity contribution in [3.63, 3.8) is 0 Å². The van der Waals surface area contributed by atoms with Gasteiger partial charge < -0.3 is 10.1 Å². The number of hydrogen-bond acceptors (Lipinski definition) is 4. The van der Waals surface area contributed by atoms with Gasteiger partial charge in [0, 0.05) is 17.1 Å². The first-order valence-electron chi connectivity index (χ1n) is 9.86. The summed E-state index contributed by atoms with van der Waals surface area (Å²) in [7, 11) is 0. The molecule has 0 unspecified atom stereocenters. The van der Waals surface area contributed by atoms with Gasteiger partial charge in [-0.15, -0.1) is 0 Å². The molecule has 1 aromatic carbocycles. The maximum absolute atomic E-state index is 12.8. The van der Waals surface area contributed by atoms with Crippen LogP contribution < -0.4 is 5.32 Å². The number of aryl methyl sites for hydroxylation is 1. The maximum Gasteiger partial charge on any atom is 0.339 e. The zero-order valence-corrected chi connectivity index (χ0v) is 16.4. The molecule has 144 valence electrons. The molecule has 2 aromatic rings. The maximum atomic E-state index is 12.8. The zero-order chi connectivity index (χ0) is 19.4. The standard InChI is InChI=1S/C22H28N2O3/c1-4-17-15(3)21(16-10-6-8-12-19(16)23-17)22(26)27-13-20(25)24-18-11-7-5-9-14(18)2/h6,8,10,12,14,18H,4-5,7,9,11,13H2,1-3H3,(H,24,25)/t14-,18+/m1/s1. The number of rotatable bonds is 5. The fourth-order valence-corrected chi connectivity index (χ4v) is 3.95. The highest BCUT2D eigenvalue weighted by atomic mass is 16.5. The minimum atomic E-state index is -0.465. The molecule has 1 aromatic heterocycles. The van der Waals surface area contributed by atoms with Gasteiger partial charge in [-0.25, -0.2) is 4.79 Å². The van der Waals surface area contributed by atoms with Crippen LogP contribution in [-0.4, -0.2) is 29.5 Å². The van der Waals surface area contributed by atoms with Crippen LogP contribution in [0.2, 0.25) is 0 Å². The number of esters is 1. The van der Waals surface area contributed by atoms with Crippen LogP contribution in [0.25, 0.3) is 10.9 Å². The molecule has 27 heavy (non-hydrogen) atoms. The Balaban J connectivity index is 1.72. The van der Waals surface area contributed by atoms with Gasteiger partial charge in [0.2, 0.25) is 0 Å². The summed E-state index contributed by atoms with van der Waals surface area (Å²) in [5.74, 6) is -0.224. The van der Waals surface area contributed by atoms with Gasteiger partial charge in [0.25, 0.3) is 5.91 Å². The Hall–Kier alpha value is -2.43. The average Bonchev–Trinajstić information content (AvgIpc) is 2.67. The van der Waals surface area contributed by atoms with E-state index in [1.165, 1.54) is 6.42 Å². The molecule has 0 aliphatic heterocycles. The highest BCUT2D eigenvalue weighted by Crippen LogP contribution is 2.25. The Kier molecular flexibility index (Phi) is 6.09. The van der Waals surface area contributed by atoms with Crippen molar-refractivity contribution in [2.45, 2.75) is 58.9 Å². The number of carbonyl (C=O) groups excluding carboxylic acids is 2. The lowest BCUT2D eigenvalue weighted by Gasteiger charge is -2.29. The van der Waals surface area contributed by atoms with Crippen LogP contribution in [0.4, 0.5) is 0 Å². The number of carbonyl (C=O) groups is 2. The quantitative estimate of drug-likeness (QED) is 0.811. The van der Waals surface area contributed by atoms with Gasteiger partial charge in [-0.3, -0.25) is 9.78 Å². The molecular formula is C22H28N2O3. The van der Waals surface area contributed by atoms with E-state index in [1.807, 2.05) is 38.1 Å². The molecule has 3 rings (SSSR count). The van der Waals surface area contributed by atoms with Crippen molar-refractivity contribution in [1.29, 1.82) is 0 Å². The van der Waals surface area contributed by atoms with Gasteiger partial charge in [0.05, 0.1) is 11.1 Å². The Morgan fingerprint density at radius 1 is 1.22 bits per heavy atom. The topological polar surface area (TPSA) is 68.3 Å². The van der Waals surface area contributed by atoms with Crippen molar-refractivity contribution in [3.8, 4) is 0 Å². The molecule has 1 amide bonds. The molecule has 0 saturated heterocycles. The molecule has 5 nitrogen and oxygen atoms in total. The largest absolute Gasteiger partial charge is 0.452 e. The van der Waals surface area contributed by atoms with E-state index in [2.05, 4.69) is 17.2 Å². The highest BCUT2D eigenvalue weighted by Gasteiger charge is 2.24. The van der Waals surface area contributed by atoms with E-state index in [1.54, 1.807) is 0 Å². The Labute approximate surface area is 160 Å². The van der Waals surface area contributed by atoms with Crippen molar-refractivity contribution >= 4 is 22.8 Å². The first-order chi connectivity index (χ1) is 13.0. The van der Waals surface area contributed by atoms with Gasteiger partial charge in [0.1, 0.15) is 0 Å². The second-order valence-electron chi connectivity index (χ2n) is 7.44. The van der Waals surface area contributed by atoms with Gasteiger partial charge >= 0.3 is 5.97 Å². The Bertz CT molecular complexity index is 847. The number of amides is 1. The molecule has 1 N–H and O–H groups in total. The minimum absolute atomic E-state index is 0.181. The molecule has 0 spiro atoms. The summed E-state index contributed by atoms with van der Waals surface area (Å²) < 4.78 is 5.38. The summed E-state index contributed by atoms with van der Waals surface area (Å²) in [6.45, 7) is 5.81. The number of nitrogens with one attached hydrogen (secondary N) is 1. The van der Waals surface area contributed by atoms with E-state index in [0.29, 0.717) is 11.5 Å². The molecule has 5 heteroatoms. The van der Waals surface area contributed by atoms with Gasteiger partial charge in [-0.1, -0.05) is 44.9 Å². The van der Waals surface area contributed by atoms with Crippen LogP contribution in [0, 0.1) is 12.8 Å². The summed E-state index contributed by atoms with van der Waals surface area (Å²) >= 11 is 0. The van der Waals surface area contributed by atoms with E-state index < -0.39 is 5.97 Å². The van der Waals surface area contributed by atoms with Crippen molar-refractivity contribution in [2.24, 2.45) is 5.92 Å². The van der Waals surface area contributed by atoms with Crippen LogP contribution in [-0.2, 0) is 16.0 Å². The number of nitrogens with zero attached hydrogens (tertiary/aromatic N) is 1. The van der Waals surface area contributed by atoms with Crippen molar-refractivity contribution in [1.82, 2.24) is 10.3 Å². The van der Waals surface area contributed by atoms with E-state index >= 15 is 0 Å². The second kappa shape index (κ2) is 8.51. The number of hydrogen-bond donors (Lipinski definition) is 1. The molecule has 1 heterocycles. The zero-order valence-electron chi connectivity index (χ0n) is 16.4. The smallest absolute Gasteiger partial charge is 0.339 e. The van der Waals surface area contributed by atoms with E-state index in [-0.39, 0.29) is 18.6 Å². The Morgan fingerprint density at radius 2 is 1.96 bits per heavy atom. The SMILES string of the molecule is CCc1nc2ccccc2c(C(=O)OCC(=O)N[C@H]2CCCC[C@H]2C)c1C. The molecule has 1 aliphatic rings. The van der Waals surface area contributed by atoms with E-state index in [0.717, 1.165) is 47.8 Å². The number of fused-ring (bicyclic) bond motifs is 1. The van der Waals surface area contributed by atoms with Gasteiger partial charge in [-0.2, -0.15) is 0 Å². The van der Waals surface area contributed by atoms with Crippen molar-refractivity contribution < 1.29 is 14.3 Å². The van der Waals surface area contributed by atoms with Crippen molar-refractivity contribution in [3.05, 3.63) is 41.1 Å². The van der Waals surface area contributed by atoms with Crippen LogP contribution in [0.1, 0.15) is 61.1 Å². The molecule has 1 aliphatic carbocycles. The second-order valence-corrected chi connectivity index (χ2v) is 7.44. The number of benzene rings is 1. The number of pyridine rings is 1. The minimum Gasteiger partial charge on any atom is -0.452 e. The molecule has 1 saturated carbocycles. The fourth-order valence-electron chi connectivity index (χ4n) is 3.95. The lowest BCUT2D eigenvalue weighted by Crippen LogP contribution is -2.42. The summed E-state index contributed by atoms with van der Waals surface area (Å²) in [6, 6.07) is 7.72. The number of ether oxygens (including phenoxy) is 1. The Morgan fingerprint density at radius 3 is 2.70 bits per heavy atom. The molecular weight excluding hydrogens is 340 g/mol. The van der Waals surface area contributed by atoms with Gasteiger partial charge in [0.15, 0.2) is 6.61 Å². The third-order valence-corrected chi connectivity index (χ3v) is 5.57. The summed E-state index contributed by atoms with van der Waals surface area (Å²) in [4.78, 5) is 29.7. The summed E-state index contributed by atoms with van der Waals surface area (Å²) in [5, 5.41) is 3.78. The third kappa shape index (κ3) is 4.29. The number of para-hydroxylation sites is 1. The molecule has 1 fully saturated rings. The predicted octanol–water partition coefficient (Wildman–Crippen LogP) is 3.96. The van der Waals surface area contributed by atoms with Gasteiger partial charge in [-0.05, 0) is 43.7 Å². The predicted molar refractivity (Wildman–Crippen MR) is 106 cm³/mol. The van der Waals surface area contributed by atoms with Crippen LogP contribution >= 0.6 is 0 Å². The van der Waals surface area contributed by atoms with E-state index in [9.17, 15) is 9.59 Å². The normalized spacial score (nSPS) is 19.7. The number of aromatic nitrogens is 1. The van der Waals surface area contributed by atoms with Crippen LogP contribution in [0.5, 0.6) is 0 Å². The first-order valence-corrected chi connectivity index (χ1v) is 9.86. The molecule has 0 radical (unpaired) electrons. The van der Waals surface area contributed by atoms with E-state index in [4.69, 9.17) is 4.74 Å². The van der Waals surface area contributed by atoms with Crippen LogP contribution in [0.15, 0.2) is 24.3 Å². The lowest BCUT2D eigenvalue weighted by atomic mass is 9.86. The summed E-state index contributed by atoms with van der Waals surface area (Å²) in [5.41, 5.74) is 2.98. The van der Waals surface area contributed by atoms with Crippen molar-refractivity contribution in [2.75, 3.05) is 6.61 Å². The third-order valence-electron chi connectivity index (χ3n) is 5.57. The fraction of sp³-hybridized carbons (Fsp3) is 0.500. The van der Waals surface area contributed by atoms with Crippen LogP contribution in [0.3, 0.4) is 0 Å². The highest BCUT2D eigenvalue weighted by molar-refractivity contribution is 6.05. The summed E-state index contributed by atoms with van der Waals surface area (Å²) in [6.07, 6.45) is 5.21. The first kappa shape index (κ1) is 19.3.